The first-order valence-corrected chi connectivity index (χ1v) is 7.78. The molecular weight excluding hydrogens is 300 g/mol. The van der Waals surface area contributed by atoms with Gasteiger partial charge in [-0.25, -0.2) is 0 Å². The Morgan fingerprint density at radius 1 is 1.00 bits per heavy atom. The second-order valence-electron chi connectivity index (χ2n) is 5.11. The summed E-state index contributed by atoms with van der Waals surface area (Å²) in [5.74, 6) is 1.62. The molecule has 3 aromatic rings. The van der Waals surface area contributed by atoms with Gasteiger partial charge in [0.05, 0.1) is 5.25 Å². The third kappa shape index (κ3) is 3.04. The van der Waals surface area contributed by atoms with Crippen molar-refractivity contribution in [2.45, 2.75) is 38.2 Å². The summed E-state index contributed by atoms with van der Waals surface area (Å²) in [5.41, 5.74) is 3.27. The molecule has 114 valence electrons. The average Bonchev–Trinajstić information content (AvgIpc) is 3.08. The maximum absolute atomic E-state index is 5.74. The minimum absolute atomic E-state index is 0.0476. The monoisotopic (exact) mass is 316 g/mol. The van der Waals surface area contributed by atoms with E-state index in [1.807, 2.05) is 26.0 Å². The van der Waals surface area contributed by atoms with Gasteiger partial charge in [0.1, 0.15) is 0 Å². The van der Waals surface area contributed by atoms with Crippen molar-refractivity contribution < 1.29 is 8.83 Å². The molecule has 2 aromatic heterocycles. The molecule has 0 radical (unpaired) electrons. The lowest BCUT2D eigenvalue weighted by molar-refractivity contribution is 0.454. The van der Waals surface area contributed by atoms with Crippen LogP contribution < -0.4 is 0 Å². The summed E-state index contributed by atoms with van der Waals surface area (Å²) in [6.07, 6.45) is 0. The van der Waals surface area contributed by atoms with Crippen LogP contribution in [-0.2, 0) is 0 Å². The number of nitrogens with zero attached hydrogens (tertiary/aromatic N) is 4. The van der Waals surface area contributed by atoms with Crippen LogP contribution >= 0.6 is 11.8 Å². The molecule has 0 saturated heterocycles. The van der Waals surface area contributed by atoms with Crippen molar-refractivity contribution in [3.05, 3.63) is 41.1 Å². The standard InChI is InChI=1S/C15H16N4O2S/c1-8-5-6-12(9(2)7-8)14-18-19-15(21-14)22-10(3)13-17-16-11(4)20-13/h5-7,10H,1-4H3/t10-/m0/s1. The van der Waals surface area contributed by atoms with Gasteiger partial charge in [0.25, 0.3) is 5.22 Å². The Hall–Kier alpha value is -2.15. The summed E-state index contributed by atoms with van der Waals surface area (Å²) >= 11 is 1.40. The second kappa shape index (κ2) is 5.92. The summed E-state index contributed by atoms with van der Waals surface area (Å²) < 4.78 is 11.1. The first-order chi connectivity index (χ1) is 10.5. The molecule has 0 amide bonds. The molecule has 0 N–H and O–H groups in total. The van der Waals surface area contributed by atoms with Crippen LogP contribution in [0.5, 0.6) is 0 Å². The van der Waals surface area contributed by atoms with Crippen LogP contribution in [0.25, 0.3) is 11.5 Å². The lowest BCUT2D eigenvalue weighted by Gasteiger charge is -2.03. The zero-order valence-electron chi connectivity index (χ0n) is 12.8. The van der Waals surface area contributed by atoms with E-state index in [1.165, 1.54) is 17.3 Å². The molecule has 7 heteroatoms. The highest BCUT2D eigenvalue weighted by atomic mass is 32.2. The van der Waals surface area contributed by atoms with Crippen LogP contribution in [0.15, 0.2) is 32.3 Å². The zero-order chi connectivity index (χ0) is 15.7. The van der Waals surface area contributed by atoms with E-state index in [0.29, 0.717) is 22.9 Å². The van der Waals surface area contributed by atoms with E-state index in [-0.39, 0.29) is 5.25 Å². The number of rotatable bonds is 4. The SMILES string of the molecule is Cc1ccc(-c2nnc(S[C@@H](C)c3nnc(C)o3)o2)c(C)c1. The molecule has 0 aliphatic carbocycles. The van der Waals surface area contributed by atoms with Crippen molar-refractivity contribution >= 4 is 11.8 Å². The van der Waals surface area contributed by atoms with Crippen molar-refractivity contribution in [2.24, 2.45) is 0 Å². The van der Waals surface area contributed by atoms with Gasteiger partial charge in [0.15, 0.2) is 0 Å². The molecule has 0 unspecified atom stereocenters. The fourth-order valence-corrected chi connectivity index (χ4v) is 2.81. The van der Waals surface area contributed by atoms with Crippen molar-refractivity contribution in [3.63, 3.8) is 0 Å². The van der Waals surface area contributed by atoms with E-state index < -0.39 is 0 Å². The predicted octanol–water partition coefficient (Wildman–Crippen LogP) is 3.90. The highest BCUT2D eigenvalue weighted by Gasteiger charge is 2.19. The summed E-state index contributed by atoms with van der Waals surface area (Å²) in [6.45, 7) is 7.81. The Kier molecular flexibility index (Phi) is 3.98. The third-order valence-electron chi connectivity index (χ3n) is 3.19. The highest BCUT2D eigenvalue weighted by Crippen LogP contribution is 2.34. The lowest BCUT2D eigenvalue weighted by Crippen LogP contribution is -1.88. The number of hydrogen-bond donors (Lipinski definition) is 0. The van der Waals surface area contributed by atoms with E-state index in [9.17, 15) is 0 Å². The van der Waals surface area contributed by atoms with Crippen LogP contribution in [0.1, 0.15) is 35.1 Å². The molecule has 1 aromatic carbocycles. The van der Waals surface area contributed by atoms with Gasteiger partial charge in [0, 0.05) is 12.5 Å². The molecule has 0 saturated carbocycles. The molecule has 3 rings (SSSR count). The van der Waals surface area contributed by atoms with Crippen LogP contribution in [0, 0.1) is 20.8 Å². The molecule has 0 aliphatic heterocycles. The average molecular weight is 316 g/mol. The Balaban J connectivity index is 1.79. The van der Waals surface area contributed by atoms with Crippen LogP contribution in [-0.4, -0.2) is 20.4 Å². The van der Waals surface area contributed by atoms with Gasteiger partial charge in [-0.15, -0.1) is 20.4 Å². The van der Waals surface area contributed by atoms with E-state index in [2.05, 4.69) is 33.4 Å². The first-order valence-electron chi connectivity index (χ1n) is 6.90. The van der Waals surface area contributed by atoms with Gasteiger partial charge in [-0.2, -0.15) is 0 Å². The smallest absolute Gasteiger partial charge is 0.277 e. The summed E-state index contributed by atoms with van der Waals surface area (Å²) in [4.78, 5) is 0. The molecular formula is C15H16N4O2S. The molecule has 22 heavy (non-hydrogen) atoms. The Morgan fingerprint density at radius 3 is 2.50 bits per heavy atom. The summed E-state index contributed by atoms with van der Waals surface area (Å²) in [7, 11) is 0. The fourth-order valence-electron chi connectivity index (χ4n) is 2.10. The Labute approximate surface area is 132 Å². The van der Waals surface area contributed by atoms with E-state index in [4.69, 9.17) is 8.83 Å². The predicted molar refractivity (Wildman–Crippen MR) is 82.5 cm³/mol. The lowest BCUT2D eigenvalue weighted by atomic mass is 10.1. The minimum atomic E-state index is -0.0476. The van der Waals surface area contributed by atoms with Gasteiger partial charge in [-0.05, 0) is 32.4 Å². The quantitative estimate of drug-likeness (QED) is 0.675. The maximum Gasteiger partial charge on any atom is 0.277 e. The van der Waals surface area contributed by atoms with Gasteiger partial charge in [-0.3, -0.25) is 0 Å². The maximum atomic E-state index is 5.74. The highest BCUT2D eigenvalue weighted by molar-refractivity contribution is 7.99. The molecule has 0 fully saturated rings. The van der Waals surface area contributed by atoms with Gasteiger partial charge >= 0.3 is 0 Å². The van der Waals surface area contributed by atoms with E-state index in [0.717, 1.165) is 11.1 Å². The molecule has 2 heterocycles. The van der Waals surface area contributed by atoms with Crippen molar-refractivity contribution in [2.75, 3.05) is 0 Å². The molecule has 0 bridgehead atoms. The minimum Gasteiger partial charge on any atom is -0.424 e. The van der Waals surface area contributed by atoms with Crippen molar-refractivity contribution in [3.8, 4) is 11.5 Å². The van der Waals surface area contributed by atoms with Crippen molar-refractivity contribution in [1.29, 1.82) is 0 Å². The van der Waals surface area contributed by atoms with Crippen LogP contribution in [0.2, 0.25) is 0 Å². The van der Waals surface area contributed by atoms with Crippen molar-refractivity contribution in [1.82, 2.24) is 20.4 Å². The number of hydrogen-bond acceptors (Lipinski definition) is 7. The molecule has 6 nitrogen and oxygen atoms in total. The second-order valence-corrected chi connectivity index (χ2v) is 6.40. The zero-order valence-corrected chi connectivity index (χ0v) is 13.6. The van der Waals surface area contributed by atoms with Crippen LogP contribution in [0.3, 0.4) is 0 Å². The summed E-state index contributed by atoms with van der Waals surface area (Å²) in [6, 6.07) is 6.12. The largest absolute Gasteiger partial charge is 0.424 e. The normalized spacial score (nSPS) is 12.5. The fraction of sp³-hybridized carbons (Fsp3) is 0.333. The number of thioether (sulfide) groups is 1. The number of aromatic nitrogens is 4. The molecule has 0 spiro atoms. The Morgan fingerprint density at radius 2 is 1.82 bits per heavy atom. The first kappa shape index (κ1) is 14.8. The topological polar surface area (TPSA) is 77.8 Å². The van der Waals surface area contributed by atoms with Gasteiger partial charge < -0.3 is 8.83 Å². The van der Waals surface area contributed by atoms with E-state index >= 15 is 0 Å². The molecule has 1 atom stereocenters. The van der Waals surface area contributed by atoms with Gasteiger partial charge in [-0.1, -0.05) is 29.5 Å². The third-order valence-corrected chi connectivity index (χ3v) is 4.11. The van der Waals surface area contributed by atoms with E-state index in [1.54, 1.807) is 6.92 Å². The Bertz CT molecular complexity index is 796. The van der Waals surface area contributed by atoms with Gasteiger partial charge in [0.2, 0.25) is 17.7 Å². The summed E-state index contributed by atoms with van der Waals surface area (Å²) in [5, 5.41) is 16.5. The molecule has 0 aliphatic rings. The number of aryl methyl sites for hydroxylation is 3. The number of benzene rings is 1. The van der Waals surface area contributed by atoms with Crippen LogP contribution in [0.4, 0.5) is 0 Å².